The zero-order valence-corrected chi connectivity index (χ0v) is 11.0. The van der Waals surface area contributed by atoms with E-state index in [1.165, 1.54) is 19.2 Å². The lowest BCUT2D eigenvalue weighted by Gasteiger charge is -2.14. The van der Waals surface area contributed by atoms with Crippen LogP contribution in [0, 0.1) is 11.7 Å². The second kappa shape index (κ2) is 5.17. The van der Waals surface area contributed by atoms with Crippen LogP contribution in [0.5, 0.6) is 0 Å². The van der Waals surface area contributed by atoms with Crippen molar-refractivity contribution in [3.63, 3.8) is 0 Å². The van der Waals surface area contributed by atoms with E-state index in [1.807, 2.05) is 0 Å². The standard InChI is InChI=1S/C13H13ClFNO3/c1-16(6-11(17)18)13(19)8-5-7(8)12-9(14)3-2-4-10(12)15/h2-4,7-8H,5-6H2,1H3,(H,17,18)/t7-,8-/m1/s1. The van der Waals surface area contributed by atoms with Gasteiger partial charge in [-0.05, 0) is 18.6 Å². The van der Waals surface area contributed by atoms with Crippen LogP contribution in [-0.4, -0.2) is 35.5 Å². The molecular weight excluding hydrogens is 273 g/mol. The maximum absolute atomic E-state index is 13.7. The molecule has 0 aliphatic heterocycles. The van der Waals surface area contributed by atoms with E-state index < -0.39 is 11.8 Å². The molecule has 1 aromatic rings. The smallest absolute Gasteiger partial charge is 0.323 e. The van der Waals surface area contributed by atoms with Crippen molar-refractivity contribution in [1.29, 1.82) is 0 Å². The molecule has 102 valence electrons. The van der Waals surface area contributed by atoms with Crippen molar-refractivity contribution < 1.29 is 19.1 Å². The van der Waals surface area contributed by atoms with Gasteiger partial charge in [0.05, 0.1) is 0 Å². The van der Waals surface area contributed by atoms with Crippen molar-refractivity contribution in [3.8, 4) is 0 Å². The highest BCUT2D eigenvalue weighted by Crippen LogP contribution is 2.51. The molecule has 1 amide bonds. The number of hydrogen-bond donors (Lipinski definition) is 1. The quantitative estimate of drug-likeness (QED) is 0.922. The van der Waals surface area contributed by atoms with Crippen molar-refractivity contribution in [3.05, 3.63) is 34.6 Å². The van der Waals surface area contributed by atoms with Gasteiger partial charge >= 0.3 is 5.97 Å². The highest BCUT2D eigenvalue weighted by molar-refractivity contribution is 6.31. The molecule has 0 heterocycles. The van der Waals surface area contributed by atoms with Crippen molar-refractivity contribution in [1.82, 2.24) is 4.90 Å². The number of aliphatic carboxylic acids is 1. The van der Waals surface area contributed by atoms with Gasteiger partial charge < -0.3 is 10.0 Å². The van der Waals surface area contributed by atoms with Crippen molar-refractivity contribution >= 4 is 23.5 Å². The summed E-state index contributed by atoms with van der Waals surface area (Å²) in [6.45, 7) is -0.354. The highest BCUT2D eigenvalue weighted by atomic mass is 35.5. The molecule has 1 aromatic carbocycles. The summed E-state index contributed by atoms with van der Waals surface area (Å²) in [7, 11) is 1.43. The lowest BCUT2D eigenvalue weighted by atomic mass is 10.1. The Hall–Kier alpha value is -1.62. The van der Waals surface area contributed by atoms with Crippen LogP contribution in [0.3, 0.4) is 0 Å². The van der Waals surface area contributed by atoms with Gasteiger partial charge in [0.25, 0.3) is 0 Å². The third kappa shape index (κ3) is 2.87. The number of hydrogen-bond acceptors (Lipinski definition) is 2. The number of nitrogens with zero attached hydrogens (tertiary/aromatic N) is 1. The van der Waals surface area contributed by atoms with Gasteiger partial charge in [0, 0.05) is 29.5 Å². The maximum Gasteiger partial charge on any atom is 0.323 e. The summed E-state index contributed by atoms with van der Waals surface area (Å²) in [6, 6.07) is 4.40. The first-order chi connectivity index (χ1) is 8.91. The molecule has 1 saturated carbocycles. The van der Waals surface area contributed by atoms with Crippen molar-refractivity contribution in [2.75, 3.05) is 13.6 Å². The van der Waals surface area contributed by atoms with Crippen LogP contribution < -0.4 is 0 Å². The summed E-state index contributed by atoms with van der Waals surface area (Å²) in [5, 5.41) is 8.94. The maximum atomic E-state index is 13.7. The minimum absolute atomic E-state index is 0.252. The molecule has 0 aromatic heterocycles. The minimum atomic E-state index is -1.07. The van der Waals surface area contributed by atoms with Gasteiger partial charge in [-0.25, -0.2) is 4.39 Å². The van der Waals surface area contributed by atoms with Crippen LogP contribution in [0.2, 0.25) is 5.02 Å². The van der Waals surface area contributed by atoms with Gasteiger partial charge in [-0.1, -0.05) is 17.7 Å². The van der Waals surface area contributed by atoms with Crippen LogP contribution >= 0.6 is 11.6 Å². The first-order valence-electron chi connectivity index (χ1n) is 5.82. The predicted molar refractivity (Wildman–Crippen MR) is 67.5 cm³/mol. The fourth-order valence-corrected chi connectivity index (χ4v) is 2.52. The van der Waals surface area contributed by atoms with Crippen LogP contribution in [-0.2, 0) is 9.59 Å². The molecule has 1 fully saturated rings. The van der Waals surface area contributed by atoms with Gasteiger partial charge in [0.2, 0.25) is 5.91 Å². The van der Waals surface area contributed by atoms with Gasteiger partial charge in [-0.2, -0.15) is 0 Å². The average molecular weight is 286 g/mol. The topological polar surface area (TPSA) is 57.6 Å². The molecule has 0 bridgehead atoms. The van der Waals surface area contributed by atoms with Crippen LogP contribution in [0.1, 0.15) is 17.9 Å². The molecule has 2 rings (SSSR count). The number of benzene rings is 1. The molecule has 1 aliphatic carbocycles. The Labute approximate surface area is 114 Å². The first-order valence-corrected chi connectivity index (χ1v) is 6.20. The molecule has 1 N–H and O–H groups in total. The van der Waals surface area contributed by atoms with E-state index in [9.17, 15) is 14.0 Å². The van der Waals surface area contributed by atoms with Gasteiger partial charge in [-0.15, -0.1) is 0 Å². The first kappa shape index (κ1) is 13.8. The lowest BCUT2D eigenvalue weighted by molar-refractivity contribution is -0.144. The molecule has 4 nitrogen and oxygen atoms in total. The monoisotopic (exact) mass is 285 g/mol. The molecule has 19 heavy (non-hydrogen) atoms. The van der Waals surface area contributed by atoms with E-state index in [0.717, 1.165) is 4.90 Å². The number of carbonyl (C=O) groups excluding carboxylic acids is 1. The second-order valence-corrected chi connectivity index (χ2v) is 5.08. The number of halogens is 2. The number of rotatable bonds is 4. The average Bonchev–Trinajstić information content (AvgIpc) is 3.07. The largest absolute Gasteiger partial charge is 0.480 e. The summed E-state index contributed by atoms with van der Waals surface area (Å²) in [5.41, 5.74) is 0.353. The number of carboxylic acid groups (broad SMARTS) is 1. The fourth-order valence-electron chi connectivity index (χ4n) is 2.22. The molecule has 0 spiro atoms. The predicted octanol–water partition coefficient (Wildman–Crippen LogP) is 2.13. The molecule has 2 atom stereocenters. The molecule has 0 unspecified atom stereocenters. The van der Waals surface area contributed by atoms with E-state index in [0.29, 0.717) is 17.0 Å². The Balaban J connectivity index is 2.09. The second-order valence-electron chi connectivity index (χ2n) is 4.67. The molecule has 6 heteroatoms. The van der Waals surface area contributed by atoms with E-state index in [4.69, 9.17) is 16.7 Å². The Bertz CT molecular complexity index is 514. The van der Waals surface area contributed by atoms with Gasteiger partial charge in [0.15, 0.2) is 0 Å². The highest BCUT2D eigenvalue weighted by Gasteiger charge is 2.47. The minimum Gasteiger partial charge on any atom is -0.480 e. The number of amides is 1. The van der Waals surface area contributed by atoms with E-state index >= 15 is 0 Å². The Morgan fingerprint density at radius 2 is 2.21 bits per heavy atom. The SMILES string of the molecule is CN(CC(=O)O)C(=O)[C@@H]1C[C@H]1c1c(F)cccc1Cl. The van der Waals surface area contributed by atoms with Crippen LogP contribution in [0.15, 0.2) is 18.2 Å². The number of carbonyl (C=O) groups is 2. The fraction of sp³-hybridized carbons (Fsp3) is 0.385. The summed E-state index contributed by atoms with van der Waals surface area (Å²) in [4.78, 5) is 23.6. The van der Waals surface area contributed by atoms with Crippen molar-refractivity contribution in [2.24, 2.45) is 5.92 Å². The summed E-state index contributed by atoms with van der Waals surface area (Å²) < 4.78 is 13.7. The van der Waals surface area contributed by atoms with Gasteiger partial charge in [0.1, 0.15) is 12.4 Å². The number of likely N-dealkylation sites (N-methyl/N-ethyl adjacent to an activating group) is 1. The van der Waals surface area contributed by atoms with E-state index in [2.05, 4.69) is 0 Å². The van der Waals surface area contributed by atoms with E-state index in [-0.39, 0.29) is 24.3 Å². The van der Waals surface area contributed by atoms with Crippen molar-refractivity contribution in [2.45, 2.75) is 12.3 Å². The molecule has 0 saturated heterocycles. The number of carboxylic acids is 1. The van der Waals surface area contributed by atoms with Gasteiger partial charge in [-0.3, -0.25) is 9.59 Å². The molecular formula is C13H13ClFNO3. The zero-order chi connectivity index (χ0) is 14.2. The Morgan fingerprint density at radius 1 is 1.53 bits per heavy atom. The Morgan fingerprint density at radius 3 is 2.79 bits per heavy atom. The van der Waals surface area contributed by atoms with Crippen LogP contribution in [0.4, 0.5) is 4.39 Å². The summed E-state index contributed by atoms with van der Waals surface area (Å²) in [6.07, 6.45) is 0.503. The third-order valence-corrected chi connectivity index (χ3v) is 3.56. The third-order valence-electron chi connectivity index (χ3n) is 3.23. The zero-order valence-electron chi connectivity index (χ0n) is 10.3. The normalized spacial score (nSPS) is 21.0. The molecule has 1 aliphatic rings. The summed E-state index contributed by atoms with van der Waals surface area (Å²) >= 11 is 5.94. The van der Waals surface area contributed by atoms with Crippen LogP contribution in [0.25, 0.3) is 0 Å². The Kier molecular flexibility index (Phi) is 3.75. The molecule has 0 radical (unpaired) electrons. The van der Waals surface area contributed by atoms with E-state index in [1.54, 1.807) is 6.07 Å². The summed E-state index contributed by atoms with van der Waals surface area (Å²) in [5.74, 6) is -2.41. The lowest BCUT2D eigenvalue weighted by Crippen LogP contribution is -2.33.